The number of imidazole rings is 1. The fourth-order valence-electron chi connectivity index (χ4n) is 2.93. The summed E-state index contributed by atoms with van der Waals surface area (Å²) in [5.41, 5.74) is 3.85. The second-order valence-corrected chi connectivity index (χ2v) is 7.32. The van der Waals surface area contributed by atoms with E-state index in [0.29, 0.717) is 6.04 Å². The van der Waals surface area contributed by atoms with Gasteiger partial charge in [0.25, 0.3) is 0 Å². The van der Waals surface area contributed by atoms with E-state index in [0.717, 1.165) is 17.2 Å². The van der Waals surface area contributed by atoms with Gasteiger partial charge in [-0.05, 0) is 30.7 Å². The lowest BCUT2D eigenvalue weighted by Gasteiger charge is -2.26. The molecule has 108 valence electrons. The topological polar surface area (TPSA) is 29.3 Å². The van der Waals surface area contributed by atoms with Crippen LogP contribution in [0.2, 0.25) is 0 Å². The Morgan fingerprint density at radius 1 is 1.38 bits per heavy atom. The van der Waals surface area contributed by atoms with Crippen molar-refractivity contribution < 1.29 is 0 Å². The average molecular weight is 315 g/mol. The minimum Gasteiger partial charge on any atom is -0.304 e. The first kappa shape index (κ1) is 13.4. The maximum atomic E-state index is 4.62. The number of nitrogens with zero attached hydrogens (tertiary/aromatic N) is 2. The highest BCUT2D eigenvalue weighted by Gasteiger charge is 2.20. The molecule has 0 saturated heterocycles. The van der Waals surface area contributed by atoms with Crippen LogP contribution in [0.4, 0.5) is 0 Å². The van der Waals surface area contributed by atoms with Crippen LogP contribution in [0.5, 0.6) is 0 Å². The van der Waals surface area contributed by atoms with E-state index in [1.165, 1.54) is 28.3 Å². The Hall–Kier alpha value is -1.30. The van der Waals surface area contributed by atoms with Crippen molar-refractivity contribution in [2.24, 2.45) is 0 Å². The highest BCUT2D eigenvalue weighted by Crippen LogP contribution is 2.36. The van der Waals surface area contributed by atoms with E-state index >= 15 is 0 Å². The molecule has 1 aromatic carbocycles. The summed E-state index contributed by atoms with van der Waals surface area (Å²) in [6.45, 7) is 2.97. The summed E-state index contributed by atoms with van der Waals surface area (Å²) in [5.74, 6) is 1.19. The van der Waals surface area contributed by atoms with Crippen LogP contribution in [-0.4, -0.2) is 15.1 Å². The summed E-state index contributed by atoms with van der Waals surface area (Å²) < 4.78 is 2.20. The molecule has 0 spiro atoms. The van der Waals surface area contributed by atoms with E-state index in [2.05, 4.69) is 57.5 Å². The zero-order chi connectivity index (χ0) is 14.2. The molecule has 1 aliphatic rings. The fourth-order valence-corrected chi connectivity index (χ4v) is 4.83. The Kier molecular flexibility index (Phi) is 3.49. The van der Waals surface area contributed by atoms with Crippen molar-refractivity contribution in [3.63, 3.8) is 0 Å². The summed E-state index contributed by atoms with van der Waals surface area (Å²) in [5, 5.41) is 5.83. The van der Waals surface area contributed by atoms with Crippen LogP contribution in [0.15, 0.2) is 40.7 Å². The number of aromatic nitrogens is 2. The van der Waals surface area contributed by atoms with Crippen LogP contribution < -0.4 is 5.32 Å². The molecule has 1 N–H and O–H groups in total. The summed E-state index contributed by atoms with van der Waals surface area (Å²) >= 11 is 3.66. The number of hydrogen-bond donors (Lipinski definition) is 1. The normalized spacial score (nSPS) is 18.0. The van der Waals surface area contributed by atoms with Gasteiger partial charge in [-0.15, -0.1) is 23.1 Å². The molecule has 1 atom stereocenters. The van der Waals surface area contributed by atoms with Gasteiger partial charge in [-0.25, -0.2) is 4.98 Å². The molecule has 0 radical (unpaired) electrons. The lowest BCUT2D eigenvalue weighted by atomic mass is 10.0. The third kappa shape index (κ3) is 2.39. The molecule has 3 heterocycles. The molecule has 1 aliphatic heterocycles. The second kappa shape index (κ2) is 5.48. The van der Waals surface area contributed by atoms with E-state index < -0.39 is 0 Å². The molecule has 4 rings (SSSR count). The van der Waals surface area contributed by atoms with Gasteiger partial charge in [0, 0.05) is 29.1 Å². The Balaban J connectivity index is 1.58. The molecule has 1 unspecified atom stereocenters. The van der Waals surface area contributed by atoms with Crippen molar-refractivity contribution >= 4 is 28.1 Å². The number of benzene rings is 1. The molecule has 3 nitrogen and oxygen atoms in total. The van der Waals surface area contributed by atoms with E-state index in [9.17, 15) is 0 Å². The summed E-state index contributed by atoms with van der Waals surface area (Å²) in [4.78, 5) is 7.13. The molecule has 5 heteroatoms. The first-order valence-corrected chi connectivity index (χ1v) is 9.05. The quantitative estimate of drug-likeness (QED) is 0.791. The Labute approximate surface area is 132 Å². The van der Waals surface area contributed by atoms with E-state index in [1.807, 2.05) is 11.8 Å². The number of thiazole rings is 1. The summed E-state index contributed by atoms with van der Waals surface area (Å²) in [7, 11) is 0. The van der Waals surface area contributed by atoms with Gasteiger partial charge in [0.1, 0.15) is 0 Å². The van der Waals surface area contributed by atoms with Crippen molar-refractivity contribution in [3.8, 4) is 0 Å². The smallest absolute Gasteiger partial charge is 0.194 e. The third-order valence-electron chi connectivity index (χ3n) is 4.04. The lowest BCUT2D eigenvalue weighted by Crippen LogP contribution is -2.25. The molecule has 0 aliphatic carbocycles. The lowest BCUT2D eigenvalue weighted by molar-refractivity contribution is 0.503. The third-order valence-corrected chi connectivity index (χ3v) is 5.91. The van der Waals surface area contributed by atoms with Gasteiger partial charge in [0.15, 0.2) is 4.96 Å². The largest absolute Gasteiger partial charge is 0.304 e. The van der Waals surface area contributed by atoms with Crippen LogP contribution in [0.3, 0.4) is 0 Å². The standard InChI is InChI=1S/C16H17N3S2/c1-11-14(19-7-9-21-16(19)18-11)10-17-13-6-8-20-15-5-3-2-4-12(13)15/h2-5,7,9,13,17H,6,8,10H2,1H3. The zero-order valence-corrected chi connectivity index (χ0v) is 13.5. The van der Waals surface area contributed by atoms with Gasteiger partial charge in [-0.2, -0.15) is 0 Å². The van der Waals surface area contributed by atoms with Gasteiger partial charge >= 0.3 is 0 Å². The van der Waals surface area contributed by atoms with Crippen LogP contribution in [0.1, 0.15) is 29.4 Å². The minimum atomic E-state index is 0.450. The Bertz CT molecular complexity index is 775. The van der Waals surface area contributed by atoms with Gasteiger partial charge in [0.05, 0.1) is 11.4 Å². The summed E-state index contributed by atoms with van der Waals surface area (Å²) in [6, 6.07) is 9.20. The SMILES string of the molecule is Cc1nc2sccn2c1CNC1CCSc2ccccc21. The van der Waals surface area contributed by atoms with E-state index in [1.54, 1.807) is 11.3 Å². The molecule has 21 heavy (non-hydrogen) atoms. The Morgan fingerprint density at radius 3 is 3.24 bits per heavy atom. The Morgan fingerprint density at radius 2 is 2.29 bits per heavy atom. The molecule has 0 amide bonds. The van der Waals surface area contributed by atoms with Crippen molar-refractivity contribution in [2.75, 3.05) is 5.75 Å². The van der Waals surface area contributed by atoms with Crippen LogP contribution in [-0.2, 0) is 6.54 Å². The number of thioether (sulfide) groups is 1. The molecule has 2 aromatic heterocycles. The zero-order valence-electron chi connectivity index (χ0n) is 11.9. The fraction of sp³-hybridized carbons (Fsp3) is 0.312. The number of aryl methyl sites for hydroxylation is 1. The first-order chi connectivity index (χ1) is 10.3. The van der Waals surface area contributed by atoms with Crippen molar-refractivity contribution in [1.82, 2.24) is 14.7 Å². The monoisotopic (exact) mass is 315 g/mol. The van der Waals surface area contributed by atoms with Crippen LogP contribution in [0, 0.1) is 6.92 Å². The predicted octanol–water partition coefficient (Wildman–Crippen LogP) is 4.03. The van der Waals surface area contributed by atoms with E-state index in [-0.39, 0.29) is 0 Å². The molecular weight excluding hydrogens is 298 g/mol. The molecule has 0 bridgehead atoms. The van der Waals surface area contributed by atoms with Crippen LogP contribution >= 0.6 is 23.1 Å². The minimum absolute atomic E-state index is 0.450. The first-order valence-electron chi connectivity index (χ1n) is 7.19. The maximum Gasteiger partial charge on any atom is 0.194 e. The molecule has 0 fully saturated rings. The molecule has 0 saturated carbocycles. The maximum absolute atomic E-state index is 4.62. The van der Waals surface area contributed by atoms with Crippen LogP contribution in [0.25, 0.3) is 4.96 Å². The molecular formula is C16H17N3S2. The highest BCUT2D eigenvalue weighted by atomic mass is 32.2. The number of nitrogens with one attached hydrogen (secondary N) is 1. The molecule has 3 aromatic rings. The highest BCUT2D eigenvalue weighted by molar-refractivity contribution is 7.99. The van der Waals surface area contributed by atoms with Gasteiger partial charge in [-0.3, -0.25) is 4.40 Å². The van der Waals surface area contributed by atoms with Crippen molar-refractivity contribution in [1.29, 1.82) is 0 Å². The van der Waals surface area contributed by atoms with E-state index in [4.69, 9.17) is 0 Å². The number of hydrogen-bond acceptors (Lipinski definition) is 4. The van der Waals surface area contributed by atoms with Gasteiger partial charge in [-0.1, -0.05) is 18.2 Å². The number of fused-ring (bicyclic) bond motifs is 2. The second-order valence-electron chi connectivity index (χ2n) is 5.31. The predicted molar refractivity (Wildman–Crippen MR) is 89.2 cm³/mol. The average Bonchev–Trinajstić information content (AvgIpc) is 3.06. The number of rotatable bonds is 3. The summed E-state index contributed by atoms with van der Waals surface area (Å²) in [6.07, 6.45) is 3.30. The van der Waals surface area contributed by atoms with Gasteiger partial charge in [0.2, 0.25) is 0 Å². The van der Waals surface area contributed by atoms with Gasteiger partial charge < -0.3 is 5.32 Å². The van der Waals surface area contributed by atoms with Crippen molar-refractivity contribution in [3.05, 3.63) is 52.8 Å². The van der Waals surface area contributed by atoms with Crippen molar-refractivity contribution in [2.45, 2.75) is 30.8 Å².